The number of nitrogens with one attached hydrogen (secondary N) is 1. The van der Waals surface area contributed by atoms with Gasteiger partial charge in [-0.05, 0) is 41.8 Å². The molecule has 1 unspecified atom stereocenters. The van der Waals surface area contributed by atoms with E-state index in [9.17, 15) is 14.4 Å². The lowest BCUT2D eigenvalue weighted by molar-refractivity contribution is -0.136. The van der Waals surface area contributed by atoms with Crippen LogP contribution < -0.4 is 11.1 Å². The Kier molecular flexibility index (Phi) is 4.32. The first-order chi connectivity index (χ1) is 14.9. The van der Waals surface area contributed by atoms with Gasteiger partial charge in [-0.25, -0.2) is 4.98 Å². The van der Waals surface area contributed by atoms with Crippen molar-refractivity contribution in [1.82, 2.24) is 25.0 Å². The van der Waals surface area contributed by atoms with Crippen LogP contribution in [-0.2, 0) is 23.2 Å². The van der Waals surface area contributed by atoms with Crippen molar-refractivity contribution in [2.75, 3.05) is 5.73 Å². The fraction of sp³-hybridized carbons (Fsp3) is 0.227. The van der Waals surface area contributed by atoms with E-state index in [0.717, 1.165) is 27.9 Å². The third kappa shape index (κ3) is 3.05. The Labute approximate surface area is 177 Å². The first-order valence-electron chi connectivity index (χ1n) is 9.95. The maximum atomic E-state index is 12.9. The Morgan fingerprint density at radius 1 is 1.13 bits per heavy atom. The van der Waals surface area contributed by atoms with Gasteiger partial charge in [-0.15, -0.1) is 0 Å². The van der Waals surface area contributed by atoms with E-state index in [-0.39, 0.29) is 18.2 Å². The molecule has 156 valence electrons. The standard InChI is InChI=1S/C22H20N6O3/c1-27-19(15-3-2-8-24-20(15)23)16(10-25-27)12-4-5-14-13(9-12)11-28(22(14)31)17-6-7-18(29)26-21(17)30/h2-5,8-10,17H,6-7,11H2,1H3,(H2,23,24)(H,26,29,30). The second-order valence-corrected chi connectivity index (χ2v) is 7.74. The number of benzene rings is 1. The van der Waals surface area contributed by atoms with Crippen LogP contribution >= 0.6 is 0 Å². The van der Waals surface area contributed by atoms with Crippen LogP contribution in [0, 0.1) is 0 Å². The van der Waals surface area contributed by atoms with Crippen LogP contribution in [0.25, 0.3) is 22.4 Å². The molecule has 1 saturated heterocycles. The Bertz CT molecular complexity index is 1250. The number of carbonyl (C=O) groups is 3. The van der Waals surface area contributed by atoms with Crippen molar-refractivity contribution >= 4 is 23.5 Å². The van der Waals surface area contributed by atoms with Gasteiger partial charge in [-0.1, -0.05) is 6.07 Å². The number of piperidine rings is 1. The maximum Gasteiger partial charge on any atom is 0.255 e. The molecule has 0 spiro atoms. The molecule has 1 atom stereocenters. The molecule has 9 nitrogen and oxygen atoms in total. The number of amides is 3. The third-order valence-electron chi connectivity index (χ3n) is 5.87. The van der Waals surface area contributed by atoms with Crippen molar-refractivity contribution in [3.05, 3.63) is 53.9 Å². The molecule has 5 rings (SSSR count). The predicted octanol–water partition coefficient (Wildman–Crippen LogP) is 1.49. The molecule has 4 heterocycles. The highest BCUT2D eigenvalue weighted by Gasteiger charge is 2.39. The fourth-order valence-corrected chi connectivity index (χ4v) is 4.33. The number of pyridine rings is 1. The van der Waals surface area contributed by atoms with E-state index in [1.54, 1.807) is 28.0 Å². The second kappa shape index (κ2) is 7.05. The highest BCUT2D eigenvalue weighted by molar-refractivity contribution is 6.05. The second-order valence-electron chi connectivity index (χ2n) is 7.74. The molecular weight excluding hydrogens is 396 g/mol. The van der Waals surface area contributed by atoms with Crippen LogP contribution in [0.2, 0.25) is 0 Å². The summed E-state index contributed by atoms with van der Waals surface area (Å²) in [6.07, 6.45) is 3.97. The lowest BCUT2D eigenvalue weighted by Crippen LogP contribution is -2.52. The molecule has 0 saturated carbocycles. The predicted molar refractivity (Wildman–Crippen MR) is 112 cm³/mol. The van der Waals surface area contributed by atoms with E-state index in [0.29, 0.717) is 24.3 Å². The van der Waals surface area contributed by atoms with Crippen LogP contribution in [0.15, 0.2) is 42.7 Å². The number of hydrogen-bond donors (Lipinski definition) is 2. The number of nitrogens with zero attached hydrogens (tertiary/aromatic N) is 4. The summed E-state index contributed by atoms with van der Waals surface area (Å²) in [6, 6.07) is 8.68. The molecule has 2 aromatic heterocycles. The smallest absolute Gasteiger partial charge is 0.255 e. The van der Waals surface area contributed by atoms with E-state index in [1.165, 1.54) is 0 Å². The molecule has 0 radical (unpaired) electrons. The van der Waals surface area contributed by atoms with E-state index < -0.39 is 11.9 Å². The quantitative estimate of drug-likeness (QED) is 0.624. The van der Waals surface area contributed by atoms with Gasteiger partial charge in [0.25, 0.3) is 5.91 Å². The lowest BCUT2D eigenvalue weighted by atomic mass is 9.98. The van der Waals surface area contributed by atoms with Gasteiger partial charge in [0.05, 0.1) is 11.9 Å². The average molecular weight is 416 g/mol. The van der Waals surface area contributed by atoms with Gasteiger partial charge in [0, 0.05) is 42.9 Å². The van der Waals surface area contributed by atoms with Gasteiger partial charge in [-0.2, -0.15) is 5.10 Å². The van der Waals surface area contributed by atoms with Gasteiger partial charge in [0.1, 0.15) is 11.9 Å². The first kappa shape index (κ1) is 19.0. The minimum Gasteiger partial charge on any atom is -0.383 e. The number of hydrogen-bond acceptors (Lipinski definition) is 6. The SMILES string of the molecule is Cn1ncc(-c2ccc3c(c2)CN(C2CCC(=O)NC2=O)C3=O)c1-c1cccnc1N. The van der Waals surface area contributed by atoms with Crippen molar-refractivity contribution < 1.29 is 14.4 Å². The Balaban J connectivity index is 1.51. The highest BCUT2D eigenvalue weighted by atomic mass is 16.2. The number of aryl methyl sites for hydroxylation is 1. The molecule has 3 amide bonds. The van der Waals surface area contributed by atoms with Gasteiger partial charge in [0.2, 0.25) is 11.8 Å². The molecule has 3 N–H and O–H groups in total. The van der Waals surface area contributed by atoms with Crippen molar-refractivity contribution in [3.8, 4) is 22.4 Å². The summed E-state index contributed by atoms with van der Waals surface area (Å²) in [4.78, 5) is 42.4. The number of nitrogens with two attached hydrogens (primary N) is 1. The Morgan fingerprint density at radius 2 is 1.97 bits per heavy atom. The Morgan fingerprint density at radius 3 is 2.74 bits per heavy atom. The number of aromatic nitrogens is 3. The summed E-state index contributed by atoms with van der Waals surface area (Å²) < 4.78 is 1.75. The summed E-state index contributed by atoms with van der Waals surface area (Å²) in [5.41, 5.74) is 10.9. The summed E-state index contributed by atoms with van der Waals surface area (Å²) in [5, 5.41) is 6.72. The van der Waals surface area contributed by atoms with Crippen LogP contribution in [0.5, 0.6) is 0 Å². The van der Waals surface area contributed by atoms with E-state index in [4.69, 9.17) is 5.73 Å². The molecule has 3 aromatic rings. The monoisotopic (exact) mass is 416 g/mol. The number of carbonyl (C=O) groups excluding carboxylic acids is 3. The van der Waals surface area contributed by atoms with Gasteiger partial charge in [-0.3, -0.25) is 24.4 Å². The van der Waals surface area contributed by atoms with Gasteiger partial charge < -0.3 is 10.6 Å². The van der Waals surface area contributed by atoms with E-state index >= 15 is 0 Å². The van der Waals surface area contributed by atoms with Crippen molar-refractivity contribution in [3.63, 3.8) is 0 Å². The zero-order valence-corrected chi connectivity index (χ0v) is 16.8. The third-order valence-corrected chi connectivity index (χ3v) is 5.87. The molecule has 0 aliphatic carbocycles. The molecule has 31 heavy (non-hydrogen) atoms. The molecule has 1 fully saturated rings. The topological polar surface area (TPSA) is 123 Å². The van der Waals surface area contributed by atoms with Crippen molar-refractivity contribution in [2.45, 2.75) is 25.4 Å². The molecule has 2 aliphatic heterocycles. The van der Waals surface area contributed by atoms with Gasteiger partial charge in [0.15, 0.2) is 0 Å². The molecule has 0 bridgehead atoms. The first-order valence-corrected chi connectivity index (χ1v) is 9.95. The molecule has 2 aliphatic rings. The van der Waals surface area contributed by atoms with E-state index in [2.05, 4.69) is 15.4 Å². The molecular formula is C22H20N6O3. The molecule has 9 heteroatoms. The normalized spacial score (nSPS) is 18.3. The highest BCUT2D eigenvalue weighted by Crippen LogP contribution is 2.36. The molecule has 1 aromatic carbocycles. The minimum absolute atomic E-state index is 0.195. The number of anilines is 1. The maximum absolute atomic E-state index is 12.9. The summed E-state index contributed by atoms with van der Waals surface area (Å²) in [7, 11) is 1.84. The lowest BCUT2D eigenvalue weighted by Gasteiger charge is -2.29. The van der Waals surface area contributed by atoms with E-state index in [1.807, 2.05) is 31.3 Å². The average Bonchev–Trinajstić information content (AvgIpc) is 3.28. The fourth-order valence-electron chi connectivity index (χ4n) is 4.33. The zero-order chi connectivity index (χ0) is 21.7. The summed E-state index contributed by atoms with van der Waals surface area (Å²) in [5.74, 6) is -0.502. The Hall–Kier alpha value is -4.01. The number of imide groups is 1. The van der Waals surface area contributed by atoms with Crippen LogP contribution in [-0.4, -0.2) is 43.4 Å². The van der Waals surface area contributed by atoms with Crippen LogP contribution in [0.3, 0.4) is 0 Å². The largest absolute Gasteiger partial charge is 0.383 e. The summed E-state index contributed by atoms with van der Waals surface area (Å²) in [6.45, 7) is 0.318. The van der Waals surface area contributed by atoms with Gasteiger partial charge >= 0.3 is 0 Å². The zero-order valence-electron chi connectivity index (χ0n) is 16.8. The van der Waals surface area contributed by atoms with Crippen LogP contribution in [0.4, 0.5) is 5.82 Å². The number of rotatable bonds is 3. The van der Waals surface area contributed by atoms with Crippen molar-refractivity contribution in [2.24, 2.45) is 7.05 Å². The number of fused-ring (bicyclic) bond motifs is 1. The summed E-state index contributed by atoms with van der Waals surface area (Å²) >= 11 is 0. The number of nitrogen functional groups attached to an aromatic ring is 1. The van der Waals surface area contributed by atoms with Crippen molar-refractivity contribution in [1.29, 1.82) is 0 Å². The minimum atomic E-state index is -0.634. The van der Waals surface area contributed by atoms with Crippen LogP contribution in [0.1, 0.15) is 28.8 Å².